The Morgan fingerprint density at radius 2 is 1.65 bits per heavy atom. The van der Waals surface area contributed by atoms with E-state index in [1.54, 1.807) is 53.4 Å². The molecule has 3 aromatic rings. The number of anilines is 2. The molecule has 1 fully saturated rings. The van der Waals surface area contributed by atoms with Gasteiger partial charge in [0.2, 0.25) is 5.91 Å². The molecule has 1 saturated heterocycles. The molecule has 0 aliphatic carbocycles. The van der Waals surface area contributed by atoms with Gasteiger partial charge in [0.15, 0.2) is 0 Å². The lowest BCUT2D eigenvalue weighted by Crippen LogP contribution is -2.27. The molecule has 1 aliphatic heterocycles. The number of nitrogens with one attached hydrogen (secondary N) is 1. The van der Waals surface area contributed by atoms with Gasteiger partial charge in [0.1, 0.15) is 16.9 Å². The second kappa shape index (κ2) is 8.60. The SMILES string of the molecule is COc1ccc(S(=O)(=O)Nc2ccc([C@H]3SCC(=O)N3c3ccc(F)cc3)cc2)cc1. The van der Waals surface area contributed by atoms with Gasteiger partial charge in [-0.3, -0.25) is 14.4 Å². The van der Waals surface area contributed by atoms with Gasteiger partial charge >= 0.3 is 0 Å². The minimum atomic E-state index is -3.75. The second-order valence-corrected chi connectivity index (χ2v) is 9.56. The van der Waals surface area contributed by atoms with Crippen molar-refractivity contribution >= 4 is 39.1 Å². The summed E-state index contributed by atoms with van der Waals surface area (Å²) >= 11 is 1.46. The third-order valence-electron chi connectivity index (χ3n) is 4.79. The van der Waals surface area contributed by atoms with E-state index in [0.29, 0.717) is 22.9 Å². The standard InChI is InChI=1S/C22H19FN2O4S2/c1-29-19-10-12-20(13-11-19)31(27,28)24-17-6-2-15(3-7-17)22-25(21(26)14-30-22)18-8-4-16(23)5-9-18/h2-13,22,24H,14H2,1H3/t22-/m1/s1. The van der Waals surface area contributed by atoms with Crippen molar-refractivity contribution < 1.29 is 22.3 Å². The number of halogens is 1. The van der Waals surface area contributed by atoms with Crippen LogP contribution in [0.4, 0.5) is 15.8 Å². The normalized spacial score (nSPS) is 16.4. The number of ether oxygens (including phenoxy) is 1. The minimum Gasteiger partial charge on any atom is -0.497 e. The number of carbonyl (C=O) groups is 1. The van der Waals surface area contributed by atoms with Crippen LogP contribution in [0.5, 0.6) is 5.75 Å². The monoisotopic (exact) mass is 458 g/mol. The number of rotatable bonds is 6. The van der Waals surface area contributed by atoms with Crippen molar-refractivity contribution in [3.05, 3.63) is 84.2 Å². The Bertz CT molecular complexity index is 1180. The van der Waals surface area contributed by atoms with Crippen LogP contribution in [0.2, 0.25) is 0 Å². The van der Waals surface area contributed by atoms with Crippen LogP contribution in [0.15, 0.2) is 77.7 Å². The van der Waals surface area contributed by atoms with Crippen molar-refractivity contribution in [2.45, 2.75) is 10.3 Å². The molecular weight excluding hydrogens is 439 g/mol. The summed E-state index contributed by atoms with van der Waals surface area (Å²) in [6.45, 7) is 0. The largest absolute Gasteiger partial charge is 0.497 e. The quantitative estimate of drug-likeness (QED) is 0.592. The molecule has 0 saturated carbocycles. The molecule has 0 bridgehead atoms. The van der Waals surface area contributed by atoms with Crippen molar-refractivity contribution in [3.8, 4) is 5.75 Å². The van der Waals surface area contributed by atoms with Gasteiger partial charge in [0.05, 0.1) is 17.8 Å². The average molecular weight is 459 g/mol. The van der Waals surface area contributed by atoms with Gasteiger partial charge in [0.25, 0.3) is 10.0 Å². The molecule has 31 heavy (non-hydrogen) atoms. The number of hydrogen-bond donors (Lipinski definition) is 1. The number of amides is 1. The lowest BCUT2D eigenvalue weighted by Gasteiger charge is -2.24. The van der Waals surface area contributed by atoms with Gasteiger partial charge in [-0.05, 0) is 66.2 Å². The number of hydrogen-bond acceptors (Lipinski definition) is 5. The van der Waals surface area contributed by atoms with E-state index in [0.717, 1.165) is 5.56 Å². The van der Waals surface area contributed by atoms with Crippen LogP contribution in [-0.2, 0) is 14.8 Å². The molecule has 0 radical (unpaired) electrons. The van der Waals surface area contributed by atoms with E-state index in [1.165, 1.54) is 43.1 Å². The van der Waals surface area contributed by atoms with Gasteiger partial charge in [0, 0.05) is 11.4 Å². The second-order valence-electron chi connectivity index (χ2n) is 6.81. The first kappa shape index (κ1) is 21.2. The van der Waals surface area contributed by atoms with Gasteiger partial charge in [-0.2, -0.15) is 0 Å². The highest BCUT2D eigenvalue weighted by Crippen LogP contribution is 2.42. The van der Waals surface area contributed by atoms with E-state index in [-0.39, 0.29) is 22.0 Å². The lowest BCUT2D eigenvalue weighted by molar-refractivity contribution is -0.115. The maximum atomic E-state index is 13.3. The Morgan fingerprint density at radius 1 is 1.00 bits per heavy atom. The molecule has 160 valence electrons. The minimum absolute atomic E-state index is 0.0640. The fourth-order valence-electron chi connectivity index (χ4n) is 3.24. The van der Waals surface area contributed by atoms with Gasteiger partial charge in [-0.1, -0.05) is 12.1 Å². The van der Waals surface area contributed by atoms with Crippen LogP contribution < -0.4 is 14.4 Å². The maximum Gasteiger partial charge on any atom is 0.261 e. The van der Waals surface area contributed by atoms with Gasteiger partial charge < -0.3 is 4.74 Å². The Hall–Kier alpha value is -3.04. The Kier molecular flexibility index (Phi) is 5.88. The number of nitrogens with zero attached hydrogens (tertiary/aromatic N) is 1. The highest BCUT2D eigenvalue weighted by molar-refractivity contribution is 8.00. The first-order valence-electron chi connectivity index (χ1n) is 9.33. The van der Waals surface area contributed by atoms with Crippen LogP contribution in [0.1, 0.15) is 10.9 Å². The topological polar surface area (TPSA) is 75.7 Å². The van der Waals surface area contributed by atoms with Gasteiger partial charge in [-0.15, -0.1) is 11.8 Å². The summed E-state index contributed by atoms with van der Waals surface area (Å²) in [5.74, 6) is 0.449. The van der Waals surface area contributed by atoms with Crippen molar-refractivity contribution in [1.82, 2.24) is 0 Å². The van der Waals surface area contributed by atoms with E-state index in [1.807, 2.05) is 0 Å². The number of methoxy groups -OCH3 is 1. The Labute approximate surface area is 184 Å². The molecule has 0 aromatic heterocycles. The predicted octanol–water partition coefficient (Wildman–Crippen LogP) is 4.41. The van der Waals surface area contributed by atoms with Crippen molar-refractivity contribution in [1.29, 1.82) is 0 Å². The highest BCUT2D eigenvalue weighted by Gasteiger charge is 2.34. The third kappa shape index (κ3) is 4.52. The molecule has 1 heterocycles. The highest BCUT2D eigenvalue weighted by atomic mass is 32.2. The summed E-state index contributed by atoms with van der Waals surface area (Å²) in [6.07, 6.45) is 0. The number of carbonyl (C=O) groups excluding carboxylic acids is 1. The van der Waals surface area contributed by atoms with Gasteiger partial charge in [-0.25, -0.2) is 12.8 Å². The summed E-state index contributed by atoms with van der Waals surface area (Å²) in [5, 5.41) is -0.273. The first-order chi connectivity index (χ1) is 14.9. The predicted molar refractivity (Wildman–Crippen MR) is 119 cm³/mol. The zero-order valence-corrected chi connectivity index (χ0v) is 18.1. The zero-order chi connectivity index (χ0) is 22.0. The smallest absolute Gasteiger partial charge is 0.261 e. The summed E-state index contributed by atoms with van der Waals surface area (Å²) in [5.41, 5.74) is 1.86. The van der Waals surface area contributed by atoms with Crippen LogP contribution in [0.25, 0.3) is 0 Å². The molecule has 4 rings (SSSR count). The van der Waals surface area contributed by atoms with Crippen LogP contribution in [0.3, 0.4) is 0 Å². The van der Waals surface area contributed by atoms with E-state index >= 15 is 0 Å². The molecule has 6 nitrogen and oxygen atoms in total. The van der Waals surface area contributed by atoms with E-state index in [2.05, 4.69) is 4.72 Å². The molecule has 0 spiro atoms. The fourth-order valence-corrected chi connectivity index (χ4v) is 5.47. The van der Waals surface area contributed by atoms with E-state index < -0.39 is 10.0 Å². The van der Waals surface area contributed by atoms with Crippen molar-refractivity contribution in [3.63, 3.8) is 0 Å². The average Bonchev–Trinajstić information content (AvgIpc) is 3.16. The van der Waals surface area contributed by atoms with Crippen LogP contribution >= 0.6 is 11.8 Å². The molecule has 1 aliphatic rings. The zero-order valence-electron chi connectivity index (χ0n) is 16.5. The first-order valence-corrected chi connectivity index (χ1v) is 11.9. The molecule has 9 heteroatoms. The number of thioether (sulfide) groups is 1. The van der Waals surface area contributed by atoms with Crippen LogP contribution in [0, 0.1) is 5.82 Å². The summed E-state index contributed by atoms with van der Waals surface area (Å²) < 4.78 is 46.1. The summed E-state index contributed by atoms with van der Waals surface area (Å²) in [6, 6.07) is 18.7. The summed E-state index contributed by atoms with van der Waals surface area (Å²) in [4.78, 5) is 14.2. The fraction of sp³-hybridized carbons (Fsp3) is 0.136. The molecule has 1 amide bonds. The molecule has 3 aromatic carbocycles. The maximum absolute atomic E-state index is 13.3. The van der Waals surface area contributed by atoms with Crippen molar-refractivity contribution in [2.24, 2.45) is 0 Å². The Morgan fingerprint density at radius 3 is 2.26 bits per heavy atom. The third-order valence-corrected chi connectivity index (χ3v) is 7.40. The summed E-state index contributed by atoms with van der Waals surface area (Å²) in [7, 11) is -2.24. The molecule has 1 atom stereocenters. The Balaban J connectivity index is 1.53. The molecule has 0 unspecified atom stereocenters. The lowest BCUT2D eigenvalue weighted by atomic mass is 10.1. The van der Waals surface area contributed by atoms with E-state index in [9.17, 15) is 17.6 Å². The van der Waals surface area contributed by atoms with Crippen LogP contribution in [-0.4, -0.2) is 27.2 Å². The molecular formula is C22H19FN2O4S2. The molecule has 1 N–H and O–H groups in total. The number of sulfonamides is 1. The van der Waals surface area contributed by atoms with Crippen molar-refractivity contribution in [2.75, 3.05) is 22.5 Å². The van der Waals surface area contributed by atoms with E-state index in [4.69, 9.17) is 4.74 Å². The number of benzene rings is 3.